The minimum atomic E-state index is -0.0647. The first kappa shape index (κ1) is 20.6. The van der Waals surface area contributed by atoms with E-state index >= 15 is 0 Å². The maximum Gasteiger partial charge on any atom is 0.185 e. The first-order valence-electron chi connectivity index (χ1n) is 9.29. The van der Waals surface area contributed by atoms with Gasteiger partial charge in [0.15, 0.2) is 5.78 Å². The molecule has 2 rings (SSSR count). The molecule has 0 aliphatic heterocycles. The van der Waals surface area contributed by atoms with Gasteiger partial charge in [0.25, 0.3) is 0 Å². The second-order valence-corrected chi connectivity index (χ2v) is 6.98. The molecular formula is C23H29NO3. The van der Waals surface area contributed by atoms with Gasteiger partial charge in [0.05, 0.1) is 17.8 Å². The summed E-state index contributed by atoms with van der Waals surface area (Å²) in [6.07, 6.45) is 3.41. The van der Waals surface area contributed by atoms with E-state index in [0.717, 1.165) is 22.6 Å². The van der Waals surface area contributed by atoms with Crippen molar-refractivity contribution in [3.05, 3.63) is 59.2 Å². The number of ketones is 1. The Morgan fingerprint density at radius 1 is 0.963 bits per heavy atom. The number of aryl methyl sites for hydroxylation is 1. The quantitative estimate of drug-likeness (QED) is 0.494. The summed E-state index contributed by atoms with van der Waals surface area (Å²) < 4.78 is 12.0. The van der Waals surface area contributed by atoms with Crippen molar-refractivity contribution in [2.24, 2.45) is 0 Å². The Labute approximate surface area is 162 Å². The summed E-state index contributed by atoms with van der Waals surface area (Å²) in [5.74, 6) is 1.39. The van der Waals surface area contributed by atoms with Crippen LogP contribution in [0, 0.1) is 6.92 Å². The number of hydrogen-bond acceptors (Lipinski definition) is 4. The molecule has 0 aliphatic carbocycles. The first-order chi connectivity index (χ1) is 12.8. The molecule has 4 nitrogen and oxygen atoms in total. The summed E-state index contributed by atoms with van der Waals surface area (Å²) in [6, 6.07) is 11.3. The average molecular weight is 367 g/mol. The molecular weight excluding hydrogens is 338 g/mol. The molecule has 0 bridgehead atoms. The molecule has 144 valence electrons. The molecule has 0 amide bonds. The van der Waals surface area contributed by atoms with Gasteiger partial charge in [0.2, 0.25) is 0 Å². The van der Waals surface area contributed by atoms with E-state index in [2.05, 4.69) is 5.32 Å². The lowest BCUT2D eigenvalue weighted by Crippen LogP contribution is -2.11. The molecule has 0 fully saturated rings. The zero-order chi connectivity index (χ0) is 20.0. The van der Waals surface area contributed by atoms with Crippen molar-refractivity contribution in [2.75, 3.05) is 12.4 Å². The lowest BCUT2D eigenvalue weighted by Gasteiger charge is -2.19. The van der Waals surface area contributed by atoms with Crippen LogP contribution in [-0.4, -0.2) is 25.0 Å². The Morgan fingerprint density at radius 3 is 2.15 bits per heavy atom. The number of nitrogens with one attached hydrogen (secondary N) is 1. The highest BCUT2D eigenvalue weighted by Gasteiger charge is 2.15. The zero-order valence-electron chi connectivity index (χ0n) is 17.0. The number of ether oxygens (including phenoxy) is 2. The van der Waals surface area contributed by atoms with Crippen LogP contribution in [0.1, 0.15) is 49.2 Å². The van der Waals surface area contributed by atoms with Gasteiger partial charge in [-0.25, -0.2) is 0 Å². The fraction of sp³-hybridized carbons (Fsp3) is 0.348. The Bertz CT molecular complexity index is 805. The van der Waals surface area contributed by atoms with Crippen molar-refractivity contribution in [1.82, 2.24) is 0 Å². The largest absolute Gasteiger partial charge is 0.490 e. The number of allylic oxidation sites excluding steroid dienone is 1. The van der Waals surface area contributed by atoms with E-state index in [0.29, 0.717) is 11.3 Å². The second kappa shape index (κ2) is 9.26. The van der Waals surface area contributed by atoms with E-state index in [9.17, 15) is 4.79 Å². The molecule has 27 heavy (non-hydrogen) atoms. The van der Waals surface area contributed by atoms with Gasteiger partial charge in [-0.1, -0.05) is 6.07 Å². The van der Waals surface area contributed by atoms with Crippen LogP contribution >= 0.6 is 0 Å². The molecule has 0 radical (unpaired) electrons. The van der Waals surface area contributed by atoms with Crippen LogP contribution in [0.15, 0.2) is 42.5 Å². The van der Waals surface area contributed by atoms with Gasteiger partial charge >= 0.3 is 0 Å². The lowest BCUT2D eigenvalue weighted by atomic mass is 10.0. The van der Waals surface area contributed by atoms with E-state index in [-0.39, 0.29) is 18.0 Å². The van der Waals surface area contributed by atoms with E-state index in [1.807, 2.05) is 78.1 Å². The zero-order valence-corrected chi connectivity index (χ0v) is 17.0. The molecule has 0 aliphatic rings. The second-order valence-electron chi connectivity index (χ2n) is 6.98. The summed E-state index contributed by atoms with van der Waals surface area (Å²) in [6.45, 7) is 9.91. The molecule has 0 heterocycles. The van der Waals surface area contributed by atoms with Gasteiger partial charge in [0.1, 0.15) is 11.5 Å². The third kappa shape index (κ3) is 5.61. The van der Waals surface area contributed by atoms with E-state index in [1.165, 1.54) is 0 Å². The molecule has 0 unspecified atom stereocenters. The minimum Gasteiger partial charge on any atom is -0.490 e. The van der Waals surface area contributed by atoms with Crippen molar-refractivity contribution in [2.45, 2.75) is 46.8 Å². The summed E-state index contributed by atoms with van der Waals surface area (Å²) in [7, 11) is 1.85. The third-order valence-corrected chi connectivity index (χ3v) is 3.93. The van der Waals surface area contributed by atoms with E-state index < -0.39 is 0 Å². The fourth-order valence-electron chi connectivity index (χ4n) is 2.65. The molecule has 2 aromatic carbocycles. The Balaban J connectivity index is 2.39. The SMILES string of the molecule is CNc1ccc(C(=O)C=Cc2c(OC(C)C)ccc(C)c2OC(C)C)cc1. The molecule has 2 aromatic rings. The van der Waals surface area contributed by atoms with Gasteiger partial charge in [-0.05, 0) is 82.7 Å². The lowest BCUT2D eigenvalue weighted by molar-refractivity contribution is 0.104. The third-order valence-electron chi connectivity index (χ3n) is 3.93. The van der Waals surface area contributed by atoms with Gasteiger partial charge in [-0.3, -0.25) is 4.79 Å². The van der Waals surface area contributed by atoms with Crippen molar-refractivity contribution in [1.29, 1.82) is 0 Å². The summed E-state index contributed by atoms with van der Waals surface area (Å²) in [5, 5.41) is 3.05. The molecule has 0 aromatic heterocycles. The molecule has 4 heteroatoms. The molecule has 0 atom stereocenters. The van der Waals surface area contributed by atoms with Gasteiger partial charge in [0, 0.05) is 18.3 Å². The topological polar surface area (TPSA) is 47.6 Å². The van der Waals surface area contributed by atoms with Gasteiger partial charge in [-0.2, -0.15) is 0 Å². The fourth-order valence-corrected chi connectivity index (χ4v) is 2.65. The van der Waals surface area contributed by atoms with Crippen molar-refractivity contribution < 1.29 is 14.3 Å². The predicted molar refractivity (Wildman–Crippen MR) is 112 cm³/mol. The van der Waals surface area contributed by atoms with Crippen LogP contribution in [0.4, 0.5) is 5.69 Å². The minimum absolute atomic E-state index is 0.0231. The van der Waals surface area contributed by atoms with Crippen LogP contribution in [0.2, 0.25) is 0 Å². The molecule has 1 N–H and O–H groups in total. The van der Waals surface area contributed by atoms with Crippen LogP contribution in [0.5, 0.6) is 11.5 Å². The Kier molecular flexibility index (Phi) is 7.05. The monoisotopic (exact) mass is 367 g/mol. The van der Waals surface area contributed by atoms with Gasteiger partial charge in [-0.15, -0.1) is 0 Å². The highest BCUT2D eigenvalue weighted by molar-refractivity contribution is 6.07. The average Bonchev–Trinajstić information content (AvgIpc) is 2.63. The van der Waals surface area contributed by atoms with Crippen molar-refractivity contribution >= 4 is 17.5 Å². The Hall–Kier alpha value is -2.75. The number of benzene rings is 2. The van der Waals surface area contributed by atoms with Crippen LogP contribution in [-0.2, 0) is 0 Å². The highest BCUT2D eigenvalue weighted by Crippen LogP contribution is 2.35. The smallest absolute Gasteiger partial charge is 0.185 e. The number of rotatable bonds is 8. The number of carbonyl (C=O) groups excluding carboxylic acids is 1. The first-order valence-corrected chi connectivity index (χ1v) is 9.29. The van der Waals surface area contributed by atoms with E-state index in [1.54, 1.807) is 12.2 Å². The van der Waals surface area contributed by atoms with E-state index in [4.69, 9.17) is 9.47 Å². The number of carbonyl (C=O) groups is 1. The predicted octanol–water partition coefficient (Wildman–Crippen LogP) is 5.51. The van der Waals surface area contributed by atoms with Crippen LogP contribution < -0.4 is 14.8 Å². The standard InChI is InChI=1S/C23H29NO3/c1-15(2)26-22-14-7-17(5)23(27-16(3)4)20(22)12-13-21(25)18-8-10-19(24-6)11-9-18/h7-16,24H,1-6H3. The molecule has 0 saturated heterocycles. The van der Waals surface area contributed by atoms with Crippen molar-refractivity contribution in [3.63, 3.8) is 0 Å². The Morgan fingerprint density at radius 2 is 1.59 bits per heavy atom. The normalized spacial score (nSPS) is 11.3. The molecule has 0 saturated carbocycles. The summed E-state index contributed by atoms with van der Waals surface area (Å²) in [4.78, 5) is 12.6. The molecule has 0 spiro atoms. The van der Waals surface area contributed by atoms with Crippen LogP contribution in [0.25, 0.3) is 6.08 Å². The maximum absolute atomic E-state index is 12.6. The highest BCUT2D eigenvalue weighted by atomic mass is 16.5. The van der Waals surface area contributed by atoms with Crippen LogP contribution in [0.3, 0.4) is 0 Å². The maximum atomic E-state index is 12.6. The number of hydrogen-bond donors (Lipinski definition) is 1. The van der Waals surface area contributed by atoms with Gasteiger partial charge < -0.3 is 14.8 Å². The summed E-state index contributed by atoms with van der Waals surface area (Å²) in [5.41, 5.74) is 3.40. The summed E-state index contributed by atoms with van der Waals surface area (Å²) >= 11 is 0. The number of anilines is 1. The van der Waals surface area contributed by atoms with Crippen molar-refractivity contribution in [3.8, 4) is 11.5 Å².